The minimum Gasteiger partial charge on any atom is -0.458 e. The summed E-state index contributed by atoms with van der Waals surface area (Å²) in [6, 6.07) is 69.3. The molecule has 0 N–H and O–H groups in total. The lowest BCUT2D eigenvalue weighted by molar-refractivity contribution is 0.487. The van der Waals surface area contributed by atoms with Gasteiger partial charge in [0.2, 0.25) is 0 Å². The summed E-state index contributed by atoms with van der Waals surface area (Å²) in [4.78, 5) is 0. The topological polar surface area (TPSA) is 14.2 Å². The van der Waals surface area contributed by atoms with Gasteiger partial charge in [-0.1, -0.05) is 157 Å². The van der Waals surface area contributed by atoms with Crippen LogP contribution in [0.5, 0.6) is 11.5 Å². The Kier molecular flexibility index (Phi) is 7.71. The SMILES string of the molecule is Cc1cc(C)c(-c2ccc3c(c2)B2c4c(cc(-c5ccccc5-c5ccccc5)cc4-n4c5ccc(-c6ccccc6)cc5c5cc(-c6ccccc6)cc2c54)O3)c(C)c1. The first-order valence-corrected chi connectivity index (χ1v) is 20.9. The van der Waals surface area contributed by atoms with Gasteiger partial charge in [0.1, 0.15) is 11.5 Å². The summed E-state index contributed by atoms with van der Waals surface area (Å²) in [5.41, 5.74) is 23.3. The van der Waals surface area contributed by atoms with Crippen LogP contribution in [0.4, 0.5) is 0 Å². The van der Waals surface area contributed by atoms with Crippen LogP contribution in [0.15, 0.2) is 188 Å². The highest BCUT2D eigenvalue weighted by molar-refractivity contribution is 6.99. The fourth-order valence-corrected chi connectivity index (χ4v) is 10.4. The lowest BCUT2D eigenvalue weighted by atomic mass is 9.34. The molecule has 0 spiro atoms. The van der Waals surface area contributed by atoms with Crippen molar-refractivity contribution in [2.24, 2.45) is 0 Å². The Hall–Kier alpha value is -7.36. The van der Waals surface area contributed by atoms with Crippen LogP contribution in [0.3, 0.4) is 0 Å². The zero-order chi connectivity index (χ0) is 40.1. The first-order valence-electron chi connectivity index (χ1n) is 20.9. The van der Waals surface area contributed by atoms with Crippen molar-refractivity contribution in [2.45, 2.75) is 20.8 Å². The quantitative estimate of drug-likeness (QED) is 0.159. The minimum absolute atomic E-state index is 0.0558. The summed E-state index contributed by atoms with van der Waals surface area (Å²) in [7, 11) is 0. The largest absolute Gasteiger partial charge is 0.458 e. The second-order valence-corrected chi connectivity index (χ2v) is 16.6. The van der Waals surface area contributed by atoms with Gasteiger partial charge in [-0.2, -0.15) is 0 Å². The maximum absolute atomic E-state index is 7.18. The summed E-state index contributed by atoms with van der Waals surface area (Å²) in [6.45, 7) is 6.61. The van der Waals surface area contributed by atoms with E-state index in [4.69, 9.17) is 4.74 Å². The Morgan fingerprint density at radius 3 is 1.70 bits per heavy atom. The number of benzene rings is 9. The standard InChI is InChI=1S/C57H40BNO/c1-35-27-36(2)55(37(3)28-35)42-24-26-53-49(31-42)58-50-32-43(39-17-9-5-10-18-39)30-48-47-29-41(38-15-7-4-8-16-38)23-25-51(47)59(57(48)50)52-33-44(34-54(60-53)56(52)58)46-22-14-13-21-45(46)40-19-11-6-12-20-40/h4-34H,1-3H3. The molecule has 9 aromatic carbocycles. The zero-order valence-corrected chi connectivity index (χ0v) is 33.8. The third kappa shape index (κ3) is 5.29. The van der Waals surface area contributed by atoms with Crippen molar-refractivity contribution in [3.8, 4) is 72.8 Å². The second kappa shape index (κ2) is 13.3. The van der Waals surface area contributed by atoms with E-state index in [9.17, 15) is 0 Å². The van der Waals surface area contributed by atoms with E-state index in [2.05, 4.69) is 213 Å². The molecule has 0 unspecified atom stereocenters. The molecule has 0 radical (unpaired) electrons. The molecule has 0 saturated carbocycles. The molecule has 0 bridgehead atoms. The van der Waals surface area contributed by atoms with Crippen molar-refractivity contribution in [1.82, 2.24) is 4.57 Å². The van der Waals surface area contributed by atoms with E-state index in [0.29, 0.717) is 0 Å². The van der Waals surface area contributed by atoms with Crippen LogP contribution in [-0.4, -0.2) is 11.3 Å². The normalized spacial score (nSPS) is 12.3. The third-order valence-electron chi connectivity index (χ3n) is 12.9. The maximum atomic E-state index is 7.18. The van der Waals surface area contributed by atoms with Gasteiger partial charge in [0.05, 0.1) is 5.52 Å². The van der Waals surface area contributed by atoms with E-state index < -0.39 is 0 Å². The minimum atomic E-state index is -0.0558. The van der Waals surface area contributed by atoms with Crippen LogP contribution in [0.2, 0.25) is 0 Å². The fraction of sp³-hybridized carbons (Fsp3) is 0.0526. The molecule has 282 valence electrons. The van der Waals surface area contributed by atoms with Crippen LogP contribution >= 0.6 is 0 Å². The van der Waals surface area contributed by atoms with Gasteiger partial charge >= 0.3 is 0 Å². The lowest BCUT2D eigenvalue weighted by Gasteiger charge is -2.34. The van der Waals surface area contributed by atoms with Crippen LogP contribution in [0.1, 0.15) is 16.7 Å². The fourth-order valence-electron chi connectivity index (χ4n) is 10.4. The van der Waals surface area contributed by atoms with Crippen LogP contribution < -0.4 is 21.1 Å². The molecule has 2 aliphatic rings. The van der Waals surface area contributed by atoms with Gasteiger partial charge in [0.25, 0.3) is 6.71 Å². The van der Waals surface area contributed by atoms with Gasteiger partial charge in [0.15, 0.2) is 0 Å². The van der Waals surface area contributed by atoms with E-state index in [0.717, 1.165) is 17.1 Å². The van der Waals surface area contributed by atoms with Gasteiger partial charge in [-0.25, -0.2) is 0 Å². The molecule has 0 amide bonds. The van der Waals surface area contributed by atoms with E-state index in [1.54, 1.807) is 0 Å². The van der Waals surface area contributed by atoms with Crippen molar-refractivity contribution in [2.75, 3.05) is 0 Å². The molecule has 2 aliphatic heterocycles. The Morgan fingerprint density at radius 1 is 0.417 bits per heavy atom. The third-order valence-corrected chi connectivity index (χ3v) is 12.9. The molecular weight excluding hydrogens is 725 g/mol. The molecule has 3 heteroatoms. The number of hydrogen-bond acceptors (Lipinski definition) is 1. The second-order valence-electron chi connectivity index (χ2n) is 16.6. The van der Waals surface area contributed by atoms with Gasteiger partial charge in [0, 0.05) is 22.0 Å². The molecule has 1 aromatic heterocycles. The van der Waals surface area contributed by atoms with Crippen molar-refractivity contribution in [3.63, 3.8) is 0 Å². The first-order chi connectivity index (χ1) is 29.5. The lowest BCUT2D eigenvalue weighted by Crippen LogP contribution is -2.58. The van der Waals surface area contributed by atoms with E-state index in [1.807, 2.05) is 0 Å². The number of nitrogens with zero attached hydrogens (tertiary/aromatic N) is 1. The highest BCUT2D eigenvalue weighted by Gasteiger charge is 2.41. The number of hydrogen-bond donors (Lipinski definition) is 0. The van der Waals surface area contributed by atoms with Crippen molar-refractivity contribution in [1.29, 1.82) is 0 Å². The number of rotatable bonds is 5. The molecule has 12 rings (SSSR count). The van der Waals surface area contributed by atoms with E-state index in [-0.39, 0.29) is 6.71 Å². The van der Waals surface area contributed by atoms with Crippen molar-refractivity contribution in [3.05, 3.63) is 205 Å². The van der Waals surface area contributed by atoms with Gasteiger partial charge in [-0.15, -0.1) is 0 Å². The molecule has 2 nitrogen and oxygen atoms in total. The summed E-state index contributed by atoms with van der Waals surface area (Å²) in [5, 5.41) is 2.50. The predicted molar refractivity (Wildman–Crippen MR) is 253 cm³/mol. The molecule has 0 aliphatic carbocycles. The molecule has 0 saturated heterocycles. The van der Waals surface area contributed by atoms with Gasteiger partial charge in [-0.05, 0) is 140 Å². The molecule has 60 heavy (non-hydrogen) atoms. The van der Waals surface area contributed by atoms with E-state index >= 15 is 0 Å². The monoisotopic (exact) mass is 765 g/mol. The Morgan fingerprint density at radius 2 is 1.00 bits per heavy atom. The summed E-state index contributed by atoms with van der Waals surface area (Å²) < 4.78 is 9.72. The highest BCUT2D eigenvalue weighted by Crippen LogP contribution is 2.44. The zero-order valence-electron chi connectivity index (χ0n) is 33.8. The van der Waals surface area contributed by atoms with E-state index in [1.165, 1.54) is 111 Å². The average molecular weight is 766 g/mol. The summed E-state index contributed by atoms with van der Waals surface area (Å²) >= 11 is 0. The smallest absolute Gasteiger partial charge is 0.256 e. The summed E-state index contributed by atoms with van der Waals surface area (Å²) in [6.07, 6.45) is 0. The highest BCUT2D eigenvalue weighted by atomic mass is 16.5. The maximum Gasteiger partial charge on any atom is 0.256 e. The van der Waals surface area contributed by atoms with Gasteiger partial charge < -0.3 is 9.30 Å². The molecule has 0 fully saturated rings. The number of ether oxygens (including phenoxy) is 1. The van der Waals surface area contributed by atoms with Crippen LogP contribution in [0, 0.1) is 20.8 Å². The van der Waals surface area contributed by atoms with Crippen LogP contribution in [-0.2, 0) is 0 Å². The molecular formula is C57H40BNO. The van der Waals surface area contributed by atoms with Crippen molar-refractivity contribution >= 4 is 44.9 Å². The van der Waals surface area contributed by atoms with Gasteiger partial charge in [-0.3, -0.25) is 0 Å². The molecule has 0 atom stereocenters. The Bertz CT molecular complexity index is 3340. The average Bonchev–Trinajstić information content (AvgIpc) is 3.62. The Balaban J connectivity index is 1.20. The summed E-state index contributed by atoms with van der Waals surface area (Å²) in [5.74, 6) is 1.82. The molecule has 3 heterocycles. The molecule has 10 aromatic rings. The van der Waals surface area contributed by atoms with Crippen LogP contribution in [0.25, 0.3) is 83.1 Å². The van der Waals surface area contributed by atoms with Crippen molar-refractivity contribution < 1.29 is 4.74 Å². The predicted octanol–water partition coefficient (Wildman–Crippen LogP) is 13.0. The number of aromatic nitrogens is 1. The number of aryl methyl sites for hydroxylation is 3. The Labute approximate surface area is 351 Å². The number of fused-ring (bicyclic) bond motifs is 7. The first kappa shape index (κ1) is 34.7.